The van der Waals surface area contributed by atoms with Crippen LogP contribution in [0, 0.1) is 16.0 Å². The van der Waals surface area contributed by atoms with E-state index in [-0.39, 0.29) is 10.7 Å². The molecule has 5 rings (SSSR count). The molecule has 0 unspecified atom stereocenters. The van der Waals surface area contributed by atoms with Gasteiger partial charge in [-0.2, -0.15) is 0 Å². The second-order valence-corrected chi connectivity index (χ2v) is 9.05. The maximum Gasteiger partial charge on any atom is 0.271 e. The van der Waals surface area contributed by atoms with Crippen LogP contribution in [-0.2, 0) is 14.4 Å². The van der Waals surface area contributed by atoms with Gasteiger partial charge in [-0.05, 0) is 42.8 Å². The topological polar surface area (TPSA) is 102 Å². The van der Waals surface area contributed by atoms with Crippen LogP contribution in [0.2, 0.25) is 10.0 Å². The van der Waals surface area contributed by atoms with Crippen LogP contribution in [0.5, 0.6) is 5.75 Å². The molecule has 0 saturated carbocycles. The van der Waals surface area contributed by atoms with Crippen molar-refractivity contribution in [3.05, 3.63) is 92.5 Å². The third-order valence-electron chi connectivity index (χ3n) is 6.08. The molecule has 3 aromatic carbocycles. The zero-order valence-electron chi connectivity index (χ0n) is 18.8. The summed E-state index contributed by atoms with van der Waals surface area (Å²) in [4.78, 5) is 45.2. The molecule has 3 aromatic rings. The quantitative estimate of drug-likeness (QED) is 0.241. The van der Waals surface area contributed by atoms with E-state index < -0.39 is 34.8 Å². The van der Waals surface area contributed by atoms with E-state index in [0.717, 1.165) is 4.90 Å². The highest BCUT2D eigenvalue weighted by Gasteiger charge is 2.60. The van der Waals surface area contributed by atoms with Crippen molar-refractivity contribution in [2.45, 2.75) is 19.1 Å². The van der Waals surface area contributed by atoms with Gasteiger partial charge in [0.1, 0.15) is 11.7 Å². The Balaban J connectivity index is 1.60. The summed E-state index contributed by atoms with van der Waals surface area (Å²) in [6.07, 6.45) is -1.16. The third-order valence-corrected chi connectivity index (χ3v) is 6.64. The van der Waals surface area contributed by atoms with Crippen LogP contribution in [0.4, 0.5) is 17.1 Å². The molecule has 0 radical (unpaired) electrons. The molecule has 2 aliphatic rings. The summed E-state index contributed by atoms with van der Waals surface area (Å²) >= 11 is 12.6. The number of rotatable bonds is 6. The van der Waals surface area contributed by atoms with Gasteiger partial charge in [0.15, 0.2) is 6.10 Å². The lowest BCUT2D eigenvalue weighted by molar-refractivity contribution is -0.384. The zero-order chi connectivity index (χ0) is 25.6. The number of carbonyl (C=O) groups excluding carboxylic acids is 2. The second kappa shape index (κ2) is 9.42. The number of fused-ring (bicyclic) bond motifs is 1. The number of ether oxygens (including phenoxy) is 1. The molecule has 9 nitrogen and oxygen atoms in total. The van der Waals surface area contributed by atoms with Gasteiger partial charge in [-0.15, -0.1) is 0 Å². The maximum absolute atomic E-state index is 13.8. The minimum Gasteiger partial charge on any atom is -0.494 e. The highest BCUT2D eigenvalue weighted by Crippen LogP contribution is 2.49. The molecule has 2 heterocycles. The fourth-order valence-corrected chi connectivity index (χ4v) is 5.09. The number of nitro groups is 1. The van der Waals surface area contributed by atoms with E-state index in [1.165, 1.54) is 29.3 Å². The largest absolute Gasteiger partial charge is 0.494 e. The van der Waals surface area contributed by atoms with E-state index in [0.29, 0.717) is 34.3 Å². The molecule has 2 saturated heterocycles. The lowest BCUT2D eigenvalue weighted by Gasteiger charge is -2.29. The number of carbonyl (C=O) groups is 2. The number of anilines is 2. The van der Waals surface area contributed by atoms with Crippen molar-refractivity contribution >= 4 is 52.1 Å². The van der Waals surface area contributed by atoms with Crippen LogP contribution < -0.4 is 14.7 Å². The van der Waals surface area contributed by atoms with Crippen LogP contribution in [0.15, 0.2) is 66.7 Å². The van der Waals surface area contributed by atoms with E-state index in [1.54, 1.807) is 42.5 Å². The van der Waals surface area contributed by atoms with Gasteiger partial charge in [0.25, 0.3) is 11.6 Å². The van der Waals surface area contributed by atoms with Crippen molar-refractivity contribution in [2.75, 3.05) is 16.6 Å². The molecule has 11 heteroatoms. The first-order chi connectivity index (χ1) is 17.3. The Hall–Kier alpha value is -3.66. The average Bonchev–Trinajstić information content (AvgIpc) is 3.35. The van der Waals surface area contributed by atoms with Gasteiger partial charge in [-0.3, -0.25) is 24.5 Å². The molecule has 2 fully saturated rings. The SMILES string of the molecule is CCOc1cccc(N2C(=O)[C@@H]3[C@@H](c4ccc(Cl)cc4Cl)N(c4cccc([N+](=O)[O-])c4)O[C@H]3C2=O)c1. The smallest absolute Gasteiger partial charge is 0.271 e. The summed E-state index contributed by atoms with van der Waals surface area (Å²) in [7, 11) is 0. The van der Waals surface area contributed by atoms with Crippen LogP contribution in [0.3, 0.4) is 0 Å². The molecule has 2 aliphatic heterocycles. The van der Waals surface area contributed by atoms with E-state index >= 15 is 0 Å². The summed E-state index contributed by atoms with van der Waals surface area (Å²) in [6.45, 7) is 2.26. The van der Waals surface area contributed by atoms with Crippen LogP contribution >= 0.6 is 23.2 Å². The lowest BCUT2D eigenvalue weighted by Crippen LogP contribution is -2.37. The second-order valence-electron chi connectivity index (χ2n) is 8.21. The normalized spacial score (nSPS) is 21.1. The van der Waals surface area contributed by atoms with Crippen molar-refractivity contribution in [1.29, 1.82) is 0 Å². The first-order valence-corrected chi connectivity index (χ1v) is 11.8. The summed E-state index contributed by atoms with van der Waals surface area (Å²) < 4.78 is 5.52. The summed E-state index contributed by atoms with van der Waals surface area (Å²) in [6, 6.07) is 16.4. The Kier molecular flexibility index (Phi) is 6.29. The number of amides is 2. The van der Waals surface area contributed by atoms with E-state index in [1.807, 2.05) is 6.92 Å². The molecule has 3 atom stereocenters. The van der Waals surface area contributed by atoms with Gasteiger partial charge < -0.3 is 4.74 Å². The Morgan fingerprint density at radius 1 is 1.00 bits per heavy atom. The molecule has 184 valence electrons. The number of hydrogen-bond acceptors (Lipinski definition) is 7. The molecular weight excluding hydrogens is 509 g/mol. The summed E-state index contributed by atoms with van der Waals surface area (Å²) in [5.41, 5.74) is 0.990. The van der Waals surface area contributed by atoms with E-state index in [2.05, 4.69) is 0 Å². The van der Waals surface area contributed by atoms with Crippen molar-refractivity contribution in [3.8, 4) is 5.75 Å². The molecule has 0 aromatic heterocycles. The van der Waals surface area contributed by atoms with Crippen molar-refractivity contribution in [3.63, 3.8) is 0 Å². The minimum absolute atomic E-state index is 0.166. The van der Waals surface area contributed by atoms with E-state index in [9.17, 15) is 19.7 Å². The molecule has 0 N–H and O–H groups in total. The fraction of sp³-hybridized carbons (Fsp3) is 0.200. The number of nitrogens with zero attached hydrogens (tertiary/aromatic N) is 3. The first-order valence-electron chi connectivity index (χ1n) is 11.1. The molecule has 0 bridgehead atoms. The number of hydroxylamine groups is 1. The predicted octanol–water partition coefficient (Wildman–Crippen LogP) is 5.35. The van der Waals surface area contributed by atoms with Gasteiger partial charge in [-0.1, -0.05) is 41.4 Å². The monoisotopic (exact) mass is 527 g/mol. The van der Waals surface area contributed by atoms with Crippen molar-refractivity contribution in [1.82, 2.24) is 0 Å². The van der Waals surface area contributed by atoms with Gasteiger partial charge in [0.05, 0.1) is 28.9 Å². The number of imide groups is 1. The molecular formula is C25H19Cl2N3O6. The number of hydrogen-bond donors (Lipinski definition) is 0. The maximum atomic E-state index is 13.8. The first kappa shape index (κ1) is 24.1. The third kappa shape index (κ3) is 4.05. The molecule has 2 amide bonds. The summed E-state index contributed by atoms with van der Waals surface area (Å²) in [5, 5.41) is 13.4. The van der Waals surface area contributed by atoms with Crippen molar-refractivity contribution in [2.24, 2.45) is 5.92 Å². The van der Waals surface area contributed by atoms with Gasteiger partial charge in [0.2, 0.25) is 5.91 Å². The Labute approximate surface area is 215 Å². The van der Waals surface area contributed by atoms with Crippen molar-refractivity contribution < 1.29 is 24.1 Å². The number of nitro benzene ring substituents is 1. The van der Waals surface area contributed by atoms with E-state index in [4.69, 9.17) is 32.8 Å². The number of non-ortho nitro benzene ring substituents is 1. The Bertz CT molecular complexity index is 1380. The zero-order valence-corrected chi connectivity index (χ0v) is 20.3. The fourth-order valence-electron chi connectivity index (χ4n) is 4.57. The summed E-state index contributed by atoms with van der Waals surface area (Å²) in [5.74, 6) is -1.49. The highest BCUT2D eigenvalue weighted by molar-refractivity contribution is 6.35. The van der Waals surface area contributed by atoms with Gasteiger partial charge >= 0.3 is 0 Å². The van der Waals surface area contributed by atoms with Gasteiger partial charge in [0, 0.05) is 28.2 Å². The van der Waals surface area contributed by atoms with Crippen LogP contribution in [0.1, 0.15) is 18.5 Å². The van der Waals surface area contributed by atoms with Crippen LogP contribution in [-0.4, -0.2) is 29.4 Å². The average molecular weight is 528 g/mol. The Morgan fingerprint density at radius 2 is 1.75 bits per heavy atom. The minimum atomic E-state index is -1.16. The highest BCUT2D eigenvalue weighted by atomic mass is 35.5. The predicted molar refractivity (Wildman–Crippen MR) is 133 cm³/mol. The molecule has 0 spiro atoms. The molecule has 36 heavy (non-hydrogen) atoms. The van der Waals surface area contributed by atoms with Crippen LogP contribution in [0.25, 0.3) is 0 Å². The lowest BCUT2D eigenvalue weighted by atomic mass is 9.90. The number of halogens is 2. The van der Waals surface area contributed by atoms with Gasteiger partial charge in [-0.25, -0.2) is 9.96 Å². The standard InChI is InChI=1S/C25H19Cl2N3O6/c1-2-35-18-8-4-5-15(13-18)28-24(31)21-22(19-10-9-14(26)11-20(19)27)29(36-23(21)25(28)32)16-6-3-7-17(12-16)30(33)34/h3-13,21-23H,2H2,1H3/t21-,22-,23-/m1/s1. The Morgan fingerprint density at radius 3 is 2.47 bits per heavy atom. The number of benzene rings is 3. The molecule has 0 aliphatic carbocycles.